The Balaban J connectivity index is 1.20. The van der Waals surface area contributed by atoms with E-state index in [-0.39, 0.29) is 22.8 Å². The summed E-state index contributed by atoms with van der Waals surface area (Å²) in [4.78, 5) is 16.7. The average Bonchev–Trinajstić information content (AvgIpc) is 3.74. The highest BCUT2D eigenvalue weighted by molar-refractivity contribution is 7.89. The summed E-state index contributed by atoms with van der Waals surface area (Å²) in [6.45, 7) is 3.63. The van der Waals surface area contributed by atoms with Gasteiger partial charge in [0.1, 0.15) is 11.8 Å². The van der Waals surface area contributed by atoms with Crippen molar-refractivity contribution in [2.75, 3.05) is 13.2 Å². The first kappa shape index (κ1) is 22.8. The number of fused-ring (bicyclic) bond motifs is 3. The van der Waals surface area contributed by atoms with Crippen LogP contribution in [0.3, 0.4) is 0 Å². The maximum absolute atomic E-state index is 14.4. The molecule has 0 spiro atoms. The fourth-order valence-corrected chi connectivity index (χ4v) is 8.68. The quantitative estimate of drug-likeness (QED) is 0.590. The fourth-order valence-electron chi connectivity index (χ4n) is 7.00. The van der Waals surface area contributed by atoms with Crippen molar-refractivity contribution in [3.05, 3.63) is 59.2 Å². The van der Waals surface area contributed by atoms with Gasteiger partial charge in [-0.1, -0.05) is 29.8 Å². The second-order valence-electron chi connectivity index (χ2n) is 11.7. The lowest BCUT2D eigenvalue weighted by Crippen LogP contribution is -2.52. The molecule has 2 aromatic carbocycles. The number of nitrogens with zero attached hydrogens (tertiary/aromatic N) is 2. The molecule has 7 heteroatoms. The summed E-state index contributed by atoms with van der Waals surface area (Å²) in [5.74, 6) is 2.93. The molecule has 6 atom stereocenters. The molecular weight excluding hydrogens is 472 g/mol. The van der Waals surface area contributed by atoms with Crippen LogP contribution in [0.15, 0.2) is 47.4 Å². The second-order valence-corrected chi connectivity index (χ2v) is 13.6. The molecule has 2 heterocycles. The second kappa shape index (κ2) is 8.32. The number of hydrogen-bond donors (Lipinski definition) is 0. The highest BCUT2D eigenvalue weighted by atomic mass is 32.2. The van der Waals surface area contributed by atoms with Crippen LogP contribution in [-0.2, 0) is 27.8 Å². The number of aryl methyl sites for hydroxylation is 1. The molecule has 0 radical (unpaired) electrons. The average molecular weight is 507 g/mol. The Labute approximate surface area is 213 Å². The molecule has 4 fully saturated rings. The topological polar surface area (TPSA) is 66.9 Å². The van der Waals surface area contributed by atoms with Gasteiger partial charge in [0.25, 0.3) is 0 Å². The monoisotopic (exact) mass is 506 g/mol. The van der Waals surface area contributed by atoms with Crippen LogP contribution in [0.2, 0.25) is 0 Å². The Bertz CT molecular complexity index is 1310. The first-order chi connectivity index (χ1) is 17.4. The van der Waals surface area contributed by atoms with Gasteiger partial charge in [0, 0.05) is 25.6 Å². The van der Waals surface area contributed by atoms with E-state index >= 15 is 0 Å². The van der Waals surface area contributed by atoms with Gasteiger partial charge in [-0.05, 0) is 92.0 Å². The third kappa shape index (κ3) is 3.86. The molecule has 0 aromatic heterocycles. The summed E-state index contributed by atoms with van der Waals surface area (Å²) in [6, 6.07) is 12.9. The molecule has 3 unspecified atom stereocenters. The molecule has 1 amide bonds. The molecular formula is C29H34N2O4S. The van der Waals surface area contributed by atoms with Crippen LogP contribution in [0.5, 0.6) is 5.75 Å². The number of hydrogen-bond acceptors (Lipinski definition) is 4. The van der Waals surface area contributed by atoms with E-state index in [0.29, 0.717) is 25.6 Å². The van der Waals surface area contributed by atoms with E-state index in [9.17, 15) is 13.2 Å². The number of benzene rings is 2. The zero-order valence-electron chi connectivity index (χ0n) is 20.8. The van der Waals surface area contributed by atoms with Crippen molar-refractivity contribution >= 4 is 15.9 Å². The number of carbonyl (C=O) groups is 1. The van der Waals surface area contributed by atoms with Crippen LogP contribution >= 0.6 is 0 Å². The van der Waals surface area contributed by atoms with Gasteiger partial charge in [-0.25, -0.2) is 8.42 Å². The normalized spacial score (nSPS) is 32.2. The summed E-state index contributed by atoms with van der Waals surface area (Å²) >= 11 is 0. The SMILES string of the molecule is Cc1ccc(S(=O)(=O)N2C[C@H]3C[C@H]3[C@H]2C(=O)N(Cc2ccc3c(c2)OCC3)C2CCC3CC3C2)cc1. The van der Waals surface area contributed by atoms with Gasteiger partial charge in [0.2, 0.25) is 15.9 Å². The number of rotatable bonds is 6. The lowest BCUT2D eigenvalue weighted by atomic mass is 9.93. The molecule has 1 saturated heterocycles. The van der Waals surface area contributed by atoms with Crippen molar-refractivity contribution in [2.45, 2.75) is 69.0 Å². The Hall–Kier alpha value is -2.38. The molecule has 3 aliphatic carbocycles. The summed E-state index contributed by atoms with van der Waals surface area (Å²) in [7, 11) is -3.73. The zero-order valence-corrected chi connectivity index (χ0v) is 21.6. The molecule has 6 nitrogen and oxygen atoms in total. The smallest absolute Gasteiger partial charge is 0.243 e. The molecule has 36 heavy (non-hydrogen) atoms. The molecule has 5 aliphatic rings. The summed E-state index contributed by atoms with van der Waals surface area (Å²) in [5, 5.41) is 0. The van der Waals surface area contributed by atoms with Crippen molar-refractivity contribution < 1.29 is 17.9 Å². The molecule has 190 valence electrons. The Kier molecular flexibility index (Phi) is 5.27. The summed E-state index contributed by atoms with van der Waals surface area (Å²) < 4.78 is 34.7. The maximum atomic E-state index is 14.4. The molecule has 0 bridgehead atoms. The van der Waals surface area contributed by atoms with Crippen LogP contribution in [0.4, 0.5) is 0 Å². The Morgan fingerprint density at radius 3 is 2.67 bits per heavy atom. The van der Waals surface area contributed by atoms with Crippen LogP contribution in [-0.4, -0.2) is 48.8 Å². The van der Waals surface area contributed by atoms with Crippen molar-refractivity contribution in [3.8, 4) is 5.75 Å². The predicted molar refractivity (Wildman–Crippen MR) is 136 cm³/mol. The third-order valence-electron chi connectivity index (χ3n) is 9.34. The van der Waals surface area contributed by atoms with E-state index < -0.39 is 16.1 Å². The van der Waals surface area contributed by atoms with Gasteiger partial charge in [-0.15, -0.1) is 0 Å². The van der Waals surface area contributed by atoms with Crippen molar-refractivity contribution in [2.24, 2.45) is 23.7 Å². The minimum atomic E-state index is -3.73. The van der Waals surface area contributed by atoms with Crippen LogP contribution < -0.4 is 4.74 Å². The summed E-state index contributed by atoms with van der Waals surface area (Å²) in [5.41, 5.74) is 3.31. The van der Waals surface area contributed by atoms with E-state index in [1.807, 2.05) is 24.0 Å². The highest BCUT2D eigenvalue weighted by Crippen LogP contribution is 2.53. The Morgan fingerprint density at radius 2 is 1.86 bits per heavy atom. The number of amides is 1. The van der Waals surface area contributed by atoms with E-state index in [0.717, 1.165) is 54.4 Å². The highest BCUT2D eigenvalue weighted by Gasteiger charge is 2.60. The van der Waals surface area contributed by atoms with E-state index in [4.69, 9.17) is 4.74 Å². The number of piperidine rings is 1. The van der Waals surface area contributed by atoms with Crippen molar-refractivity contribution in [1.82, 2.24) is 9.21 Å². The van der Waals surface area contributed by atoms with Gasteiger partial charge in [-0.2, -0.15) is 4.31 Å². The van der Waals surface area contributed by atoms with Gasteiger partial charge in [-0.3, -0.25) is 4.79 Å². The zero-order chi connectivity index (χ0) is 24.6. The largest absolute Gasteiger partial charge is 0.493 e. The molecule has 2 aromatic rings. The van der Waals surface area contributed by atoms with Gasteiger partial charge >= 0.3 is 0 Å². The first-order valence-corrected chi connectivity index (χ1v) is 15.0. The minimum Gasteiger partial charge on any atom is -0.493 e. The maximum Gasteiger partial charge on any atom is 0.243 e. The van der Waals surface area contributed by atoms with Gasteiger partial charge in [0.15, 0.2) is 0 Å². The van der Waals surface area contributed by atoms with Crippen LogP contribution in [0.1, 0.15) is 48.8 Å². The lowest BCUT2D eigenvalue weighted by Gasteiger charge is -2.38. The van der Waals surface area contributed by atoms with Crippen LogP contribution in [0, 0.1) is 30.6 Å². The summed E-state index contributed by atoms with van der Waals surface area (Å²) in [6.07, 6.45) is 6.40. The molecule has 7 rings (SSSR count). The van der Waals surface area contributed by atoms with Gasteiger partial charge < -0.3 is 9.64 Å². The number of sulfonamides is 1. The van der Waals surface area contributed by atoms with E-state index in [1.54, 1.807) is 12.1 Å². The van der Waals surface area contributed by atoms with Crippen molar-refractivity contribution in [3.63, 3.8) is 0 Å². The predicted octanol–water partition coefficient (Wildman–Crippen LogP) is 4.16. The molecule has 2 aliphatic heterocycles. The number of ether oxygens (including phenoxy) is 1. The first-order valence-electron chi connectivity index (χ1n) is 13.5. The standard InChI is InChI=1S/C29H34N2O4S/c1-18-2-8-25(9-3-18)36(33,34)31-17-23-15-26(23)28(31)29(32)30(24-7-6-21-13-22(21)14-24)16-19-4-5-20-10-11-35-27(20)12-19/h2-5,8-9,12,21-24,26,28H,6-7,10-11,13-17H2,1H3/t21?,22?,23-,24?,26-,28+/m1/s1. The molecule has 0 N–H and O–H groups in total. The van der Waals surface area contributed by atoms with Crippen LogP contribution in [0.25, 0.3) is 0 Å². The van der Waals surface area contributed by atoms with E-state index in [1.165, 1.54) is 22.7 Å². The minimum absolute atomic E-state index is 0.00111. The van der Waals surface area contributed by atoms with E-state index in [2.05, 4.69) is 18.2 Å². The van der Waals surface area contributed by atoms with Crippen molar-refractivity contribution in [1.29, 1.82) is 0 Å². The third-order valence-corrected chi connectivity index (χ3v) is 11.2. The fraction of sp³-hybridized carbons (Fsp3) is 0.552. The number of carbonyl (C=O) groups excluding carboxylic acids is 1. The lowest BCUT2D eigenvalue weighted by molar-refractivity contribution is -0.139. The van der Waals surface area contributed by atoms with Gasteiger partial charge in [0.05, 0.1) is 11.5 Å². The Morgan fingerprint density at radius 1 is 1.03 bits per heavy atom. The molecule has 3 saturated carbocycles.